The van der Waals surface area contributed by atoms with Gasteiger partial charge in [-0.05, 0) is 31.6 Å². The average Bonchev–Trinajstić information content (AvgIpc) is 3.02. The first-order valence-electron chi connectivity index (χ1n) is 9.91. The van der Waals surface area contributed by atoms with Gasteiger partial charge in [-0.2, -0.15) is 0 Å². The lowest BCUT2D eigenvalue weighted by Gasteiger charge is -2.30. The van der Waals surface area contributed by atoms with Crippen LogP contribution in [0.25, 0.3) is 11.2 Å². The lowest BCUT2D eigenvalue weighted by atomic mass is 9.95. The Morgan fingerprint density at radius 3 is 2.65 bits per heavy atom. The Hall–Kier alpha value is -1.31. The highest BCUT2D eigenvalue weighted by Gasteiger charge is 2.31. The molecule has 2 atom stereocenters. The second-order valence-electron chi connectivity index (χ2n) is 7.75. The Labute approximate surface area is 157 Å². The van der Waals surface area contributed by atoms with Crippen molar-refractivity contribution in [3.8, 4) is 0 Å². The molecule has 2 N–H and O–H groups in total. The summed E-state index contributed by atoms with van der Waals surface area (Å²) in [5.41, 5.74) is 8.78. The van der Waals surface area contributed by atoms with Crippen LogP contribution in [0.4, 0.5) is 0 Å². The van der Waals surface area contributed by atoms with Crippen molar-refractivity contribution in [2.75, 3.05) is 13.1 Å². The van der Waals surface area contributed by atoms with Crippen molar-refractivity contribution < 1.29 is 4.21 Å². The van der Waals surface area contributed by atoms with Crippen LogP contribution in [-0.2, 0) is 17.5 Å². The van der Waals surface area contributed by atoms with Gasteiger partial charge in [0.1, 0.15) is 21.4 Å². The predicted octanol–water partition coefficient (Wildman–Crippen LogP) is 3.15. The van der Waals surface area contributed by atoms with Crippen molar-refractivity contribution in [1.29, 1.82) is 0 Å². The van der Waals surface area contributed by atoms with E-state index in [4.69, 9.17) is 5.73 Å². The minimum Gasteiger partial charge on any atom is -0.325 e. The Balaban J connectivity index is 1.82. The number of aromatic nitrogens is 3. The van der Waals surface area contributed by atoms with Crippen molar-refractivity contribution >= 4 is 22.1 Å². The molecule has 2 aliphatic rings. The SMILES string of the molecule is CC1CCCN(S(=O)c2c(CN)n(C3CCCCC3)c3nccnc23)C1. The fourth-order valence-electron chi connectivity index (χ4n) is 4.57. The van der Waals surface area contributed by atoms with Crippen LogP contribution in [0.2, 0.25) is 0 Å². The summed E-state index contributed by atoms with van der Waals surface area (Å²) in [6.07, 6.45) is 11.8. The van der Waals surface area contributed by atoms with Gasteiger partial charge in [-0.1, -0.05) is 26.2 Å². The van der Waals surface area contributed by atoms with E-state index < -0.39 is 11.0 Å². The molecule has 1 aliphatic carbocycles. The minimum absolute atomic E-state index is 0.374. The molecule has 142 valence electrons. The molecule has 1 aliphatic heterocycles. The molecule has 2 aromatic heterocycles. The van der Waals surface area contributed by atoms with Gasteiger partial charge in [-0.15, -0.1) is 0 Å². The van der Waals surface area contributed by atoms with E-state index in [1.165, 1.54) is 25.7 Å². The van der Waals surface area contributed by atoms with Gasteiger partial charge in [-0.3, -0.25) is 0 Å². The molecule has 0 aromatic carbocycles. The van der Waals surface area contributed by atoms with E-state index in [-0.39, 0.29) is 0 Å². The molecule has 3 heterocycles. The maximum atomic E-state index is 13.5. The third-order valence-corrected chi connectivity index (χ3v) is 7.42. The summed E-state index contributed by atoms with van der Waals surface area (Å²) in [4.78, 5) is 10.0. The van der Waals surface area contributed by atoms with Crippen LogP contribution in [0.1, 0.15) is 63.6 Å². The third-order valence-electron chi connectivity index (χ3n) is 5.84. The fraction of sp³-hybridized carbons (Fsp3) is 0.684. The monoisotopic (exact) mass is 375 g/mol. The van der Waals surface area contributed by atoms with Gasteiger partial charge in [0.15, 0.2) is 5.65 Å². The van der Waals surface area contributed by atoms with E-state index in [0.29, 0.717) is 18.5 Å². The molecular weight excluding hydrogens is 346 g/mol. The molecule has 1 saturated carbocycles. The van der Waals surface area contributed by atoms with Gasteiger partial charge in [-0.25, -0.2) is 18.5 Å². The highest BCUT2D eigenvalue weighted by molar-refractivity contribution is 7.83. The Kier molecular flexibility index (Phi) is 5.38. The quantitative estimate of drug-likeness (QED) is 0.890. The number of rotatable bonds is 4. The molecule has 7 heteroatoms. The van der Waals surface area contributed by atoms with Gasteiger partial charge in [0.25, 0.3) is 0 Å². The van der Waals surface area contributed by atoms with E-state index in [9.17, 15) is 4.21 Å². The van der Waals surface area contributed by atoms with Crippen LogP contribution in [-0.4, -0.2) is 36.1 Å². The Morgan fingerprint density at radius 2 is 1.92 bits per heavy atom. The lowest BCUT2D eigenvalue weighted by Crippen LogP contribution is -2.36. The van der Waals surface area contributed by atoms with E-state index in [0.717, 1.165) is 54.1 Å². The summed E-state index contributed by atoms with van der Waals surface area (Å²) in [5.74, 6) is 0.576. The standard InChI is InChI=1S/C19H29N5OS/c1-14-6-5-11-23(13-14)26(25)18-16(12-20)24(15-7-3-2-4-8-15)19-17(18)21-9-10-22-19/h9-10,14-15H,2-8,11-13,20H2,1H3. The highest BCUT2D eigenvalue weighted by Crippen LogP contribution is 2.37. The van der Waals surface area contributed by atoms with Crippen LogP contribution < -0.4 is 5.73 Å². The fourth-order valence-corrected chi connectivity index (χ4v) is 6.21. The summed E-state index contributed by atoms with van der Waals surface area (Å²) in [7, 11) is -1.23. The molecule has 26 heavy (non-hydrogen) atoms. The Morgan fingerprint density at radius 1 is 1.15 bits per heavy atom. The molecule has 2 aromatic rings. The van der Waals surface area contributed by atoms with Gasteiger partial charge >= 0.3 is 0 Å². The van der Waals surface area contributed by atoms with Crippen molar-refractivity contribution in [2.45, 2.75) is 69.4 Å². The minimum atomic E-state index is -1.23. The van der Waals surface area contributed by atoms with E-state index >= 15 is 0 Å². The number of hydrogen-bond acceptors (Lipinski definition) is 4. The maximum Gasteiger partial charge on any atom is 0.160 e. The first-order valence-corrected chi connectivity index (χ1v) is 11.0. The number of hydrogen-bond donors (Lipinski definition) is 1. The largest absolute Gasteiger partial charge is 0.325 e. The Bertz CT molecular complexity index is 799. The summed E-state index contributed by atoms with van der Waals surface area (Å²) in [6.45, 7) is 4.35. The van der Waals surface area contributed by atoms with E-state index in [1.807, 2.05) is 0 Å². The van der Waals surface area contributed by atoms with Crippen LogP contribution in [0, 0.1) is 5.92 Å². The van der Waals surface area contributed by atoms with Gasteiger partial charge in [0.05, 0.1) is 5.69 Å². The second-order valence-corrected chi connectivity index (χ2v) is 9.18. The summed E-state index contributed by atoms with van der Waals surface area (Å²) < 4.78 is 17.9. The van der Waals surface area contributed by atoms with Crippen LogP contribution in [0.5, 0.6) is 0 Å². The first-order chi connectivity index (χ1) is 12.7. The molecule has 6 nitrogen and oxygen atoms in total. The molecule has 1 saturated heterocycles. The van der Waals surface area contributed by atoms with Gasteiger partial charge in [0, 0.05) is 38.1 Å². The molecule has 2 unspecified atom stereocenters. The molecule has 0 spiro atoms. The lowest BCUT2D eigenvalue weighted by molar-refractivity contribution is 0.292. The van der Waals surface area contributed by atoms with E-state index in [2.05, 4.69) is 25.8 Å². The van der Waals surface area contributed by atoms with Gasteiger partial charge < -0.3 is 10.3 Å². The maximum absolute atomic E-state index is 13.5. The molecule has 2 fully saturated rings. The molecule has 4 rings (SSSR count). The van der Waals surface area contributed by atoms with Crippen molar-refractivity contribution in [2.24, 2.45) is 11.7 Å². The zero-order chi connectivity index (χ0) is 18.1. The summed E-state index contributed by atoms with van der Waals surface area (Å²) in [6, 6.07) is 0.396. The highest BCUT2D eigenvalue weighted by atomic mass is 32.2. The van der Waals surface area contributed by atoms with Crippen molar-refractivity contribution in [1.82, 2.24) is 18.8 Å². The average molecular weight is 376 g/mol. The zero-order valence-electron chi connectivity index (χ0n) is 15.6. The van der Waals surface area contributed by atoms with Crippen LogP contribution >= 0.6 is 0 Å². The number of nitrogens with zero attached hydrogens (tertiary/aromatic N) is 4. The summed E-state index contributed by atoms with van der Waals surface area (Å²) in [5, 5.41) is 0. The summed E-state index contributed by atoms with van der Waals surface area (Å²) >= 11 is 0. The number of nitrogens with two attached hydrogens (primary N) is 1. The van der Waals surface area contributed by atoms with Crippen molar-refractivity contribution in [3.05, 3.63) is 18.1 Å². The molecular formula is C19H29N5OS. The van der Waals surface area contributed by atoms with Crippen molar-refractivity contribution in [3.63, 3.8) is 0 Å². The molecule has 0 bridgehead atoms. The topological polar surface area (TPSA) is 77.0 Å². The number of piperidine rings is 1. The zero-order valence-corrected chi connectivity index (χ0v) is 16.4. The van der Waals surface area contributed by atoms with Gasteiger partial charge in [0.2, 0.25) is 0 Å². The first kappa shape index (κ1) is 18.1. The molecule has 0 amide bonds. The second kappa shape index (κ2) is 7.74. The van der Waals surface area contributed by atoms with Crippen LogP contribution in [0.15, 0.2) is 17.3 Å². The smallest absolute Gasteiger partial charge is 0.160 e. The third kappa shape index (κ3) is 3.21. The van der Waals surface area contributed by atoms with Crippen LogP contribution in [0.3, 0.4) is 0 Å². The number of fused-ring (bicyclic) bond motifs is 1. The predicted molar refractivity (Wildman–Crippen MR) is 104 cm³/mol. The van der Waals surface area contributed by atoms with E-state index in [1.54, 1.807) is 12.4 Å². The molecule has 0 radical (unpaired) electrons. The normalized spacial score (nSPS) is 24.2.